The Morgan fingerprint density at radius 1 is 1.09 bits per heavy atom. The van der Waals surface area contributed by atoms with Crippen molar-refractivity contribution >= 4 is 0 Å². The molecule has 5 nitrogen and oxygen atoms in total. The Kier molecular flexibility index (Phi) is 3.04. The molecule has 1 saturated heterocycles. The summed E-state index contributed by atoms with van der Waals surface area (Å²) >= 11 is 0. The minimum absolute atomic E-state index is 0.00463. The lowest BCUT2D eigenvalue weighted by molar-refractivity contribution is -0.0157. The monoisotopic (exact) mass is 297 g/mol. The van der Waals surface area contributed by atoms with Gasteiger partial charge in [-0.25, -0.2) is 0 Å². The second kappa shape index (κ2) is 4.75. The Hall–Kier alpha value is -1.50. The van der Waals surface area contributed by atoms with Gasteiger partial charge in [-0.2, -0.15) is 0 Å². The molecule has 116 valence electrons. The minimum atomic E-state index is -0.973. The van der Waals surface area contributed by atoms with Gasteiger partial charge in [-0.1, -0.05) is 48.6 Å². The van der Waals surface area contributed by atoms with E-state index in [1.54, 1.807) is 0 Å². The molecule has 1 aliphatic heterocycles. The van der Waals surface area contributed by atoms with Crippen molar-refractivity contribution in [2.45, 2.75) is 29.7 Å². The van der Waals surface area contributed by atoms with Crippen LogP contribution in [0, 0.1) is 5.92 Å². The quantitative estimate of drug-likeness (QED) is 0.472. The Labute approximate surface area is 130 Å². The predicted molar refractivity (Wildman–Crippen MR) is 87.5 cm³/mol. The SMILES string of the molecule is NC1C2=CC=CC[C@@H]2C(c2ccccc2)C(N)(N)C12NCN2. The number of nitrogens with two attached hydrogens (primary N) is 3. The van der Waals surface area contributed by atoms with Crippen LogP contribution in [0.1, 0.15) is 17.9 Å². The van der Waals surface area contributed by atoms with Crippen molar-refractivity contribution in [1.82, 2.24) is 10.6 Å². The van der Waals surface area contributed by atoms with E-state index in [1.807, 2.05) is 18.2 Å². The molecule has 4 rings (SSSR count). The van der Waals surface area contributed by atoms with Crippen LogP contribution in [0.15, 0.2) is 54.1 Å². The smallest absolute Gasteiger partial charge is 0.123 e. The van der Waals surface area contributed by atoms with E-state index in [9.17, 15) is 0 Å². The molecule has 0 aromatic heterocycles. The number of allylic oxidation sites excluding steroid dienone is 3. The Balaban J connectivity index is 1.88. The highest BCUT2D eigenvalue weighted by molar-refractivity contribution is 5.44. The fourth-order valence-electron chi connectivity index (χ4n) is 4.40. The van der Waals surface area contributed by atoms with Gasteiger partial charge in [0, 0.05) is 12.6 Å². The molecule has 8 N–H and O–H groups in total. The number of benzene rings is 1. The largest absolute Gasteiger partial charge is 0.321 e. The van der Waals surface area contributed by atoms with Gasteiger partial charge in [0.15, 0.2) is 0 Å². The molecule has 2 aliphatic carbocycles. The topological polar surface area (TPSA) is 102 Å². The van der Waals surface area contributed by atoms with Crippen molar-refractivity contribution in [2.75, 3.05) is 6.67 Å². The molecule has 5 heteroatoms. The summed E-state index contributed by atoms with van der Waals surface area (Å²) in [7, 11) is 0. The van der Waals surface area contributed by atoms with Crippen LogP contribution in [0.25, 0.3) is 0 Å². The van der Waals surface area contributed by atoms with Crippen LogP contribution in [0.5, 0.6) is 0 Å². The highest BCUT2D eigenvalue weighted by Gasteiger charge is 2.64. The lowest BCUT2D eigenvalue weighted by Gasteiger charge is -2.64. The summed E-state index contributed by atoms with van der Waals surface area (Å²) in [6.45, 7) is 0.680. The summed E-state index contributed by atoms with van der Waals surface area (Å²) in [5.41, 5.74) is 20.8. The summed E-state index contributed by atoms with van der Waals surface area (Å²) < 4.78 is 0. The van der Waals surface area contributed by atoms with Crippen LogP contribution in [-0.4, -0.2) is 24.0 Å². The second-order valence-electron chi connectivity index (χ2n) is 6.57. The first-order valence-electron chi connectivity index (χ1n) is 7.83. The fraction of sp³-hybridized carbons (Fsp3) is 0.412. The summed E-state index contributed by atoms with van der Waals surface area (Å²) in [6.07, 6.45) is 7.31. The molecule has 1 spiro atoms. The molecule has 1 aromatic rings. The van der Waals surface area contributed by atoms with Gasteiger partial charge in [-0.3, -0.25) is 10.6 Å². The highest BCUT2D eigenvalue weighted by Crippen LogP contribution is 2.50. The zero-order valence-corrected chi connectivity index (χ0v) is 12.5. The molecule has 0 amide bonds. The predicted octanol–water partition coefficient (Wildman–Crippen LogP) is 0.0739. The third-order valence-electron chi connectivity index (χ3n) is 5.56. The van der Waals surface area contributed by atoms with Crippen molar-refractivity contribution < 1.29 is 0 Å². The van der Waals surface area contributed by atoms with Crippen LogP contribution >= 0.6 is 0 Å². The van der Waals surface area contributed by atoms with E-state index in [1.165, 1.54) is 11.1 Å². The maximum Gasteiger partial charge on any atom is 0.123 e. The van der Waals surface area contributed by atoms with Crippen molar-refractivity contribution in [2.24, 2.45) is 23.1 Å². The van der Waals surface area contributed by atoms with E-state index in [4.69, 9.17) is 17.2 Å². The van der Waals surface area contributed by atoms with Crippen LogP contribution in [0.4, 0.5) is 0 Å². The molecule has 1 saturated carbocycles. The zero-order chi connectivity index (χ0) is 15.4. The lowest BCUT2D eigenvalue weighted by atomic mass is 9.57. The summed E-state index contributed by atoms with van der Waals surface area (Å²) in [5, 5.41) is 6.77. The van der Waals surface area contributed by atoms with Gasteiger partial charge in [0.25, 0.3) is 0 Å². The molecule has 2 unspecified atom stereocenters. The van der Waals surface area contributed by atoms with E-state index in [0.29, 0.717) is 6.67 Å². The summed E-state index contributed by atoms with van der Waals surface area (Å²) in [5.74, 6) is 0.247. The molecular formula is C17H23N5. The molecule has 1 heterocycles. The number of hydrogen-bond donors (Lipinski definition) is 5. The number of fused-ring (bicyclic) bond motifs is 1. The van der Waals surface area contributed by atoms with Gasteiger partial charge >= 0.3 is 0 Å². The standard InChI is InChI=1S/C17H23N5/c18-15-13-9-5-4-8-12(13)14(11-6-2-1-3-7-11)16(19,20)17(15)21-10-22-17/h1-7,9,12,14-15,21-22H,8,10,18-20H2/t12-,14?,15?/m0/s1. The van der Waals surface area contributed by atoms with Gasteiger partial charge in [0.1, 0.15) is 11.3 Å². The first kappa shape index (κ1) is 14.1. The van der Waals surface area contributed by atoms with Crippen molar-refractivity contribution in [3.05, 3.63) is 59.7 Å². The average molecular weight is 297 g/mol. The molecule has 0 radical (unpaired) electrons. The van der Waals surface area contributed by atoms with Crippen LogP contribution in [0.2, 0.25) is 0 Å². The Morgan fingerprint density at radius 2 is 1.82 bits per heavy atom. The van der Waals surface area contributed by atoms with Gasteiger partial charge in [0.2, 0.25) is 0 Å². The van der Waals surface area contributed by atoms with E-state index >= 15 is 0 Å². The third-order valence-corrected chi connectivity index (χ3v) is 5.56. The molecule has 2 fully saturated rings. The Morgan fingerprint density at radius 3 is 2.45 bits per heavy atom. The van der Waals surface area contributed by atoms with Gasteiger partial charge in [0.05, 0.1) is 6.04 Å². The summed E-state index contributed by atoms with van der Waals surface area (Å²) in [4.78, 5) is 0. The molecule has 22 heavy (non-hydrogen) atoms. The fourth-order valence-corrected chi connectivity index (χ4v) is 4.40. The second-order valence-corrected chi connectivity index (χ2v) is 6.57. The maximum atomic E-state index is 6.71. The maximum absolute atomic E-state index is 6.71. The van der Waals surface area contributed by atoms with Crippen molar-refractivity contribution in [3.63, 3.8) is 0 Å². The van der Waals surface area contributed by atoms with Gasteiger partial charge < -0.3 is 17.2 Å². The summed E-state index contributed by atoms with van der Waals surface area (Å²) in [6, 6.07) is 10.1. The molecular weight excluding hydrogens is 274 g/mol. The van der Waals surface area contributed by atoms with E-state index in [0.717, 1.165) is 6.42 Å². The van der Waals surface area contributed by atoms with E-state index < -0.39 is 11.3 Å². The van der Waals surface area contributed by atoms with Crippen LogP contribution in [-0.2, 0) is 0 Å². The lowest BCUT2D eigenvalue weighted by Crippen LogP contribution is -2.94. The molecule has 3 atom stereocenters. The molecule has 1 aromatic carbocycles. The van der Waals surface area contributed by atoms with Crippen molar-refractivity contribution in [3.8, 4) is 0 Å². The third kappa shape index (κ3) is 1.66. The molecule has 0 bridgehead atoms. The first-order valence-corrected chi connectivity index (χ1v) is 7.83. The van der Waals surface area contributed by atoms with Crippen molar-refractivity contribution in [1.29, 1.82) is 0 Å². The minimum Gasteiger partial charge on any atom is -0.321 e. The normalized spacial score (nSPS) is 34.7. The van der Waals surface area contributed by atoms with Gasteiger partial charge in [-0.05, 0) is 23.5 Å². The number of rotatable bonds is 1. The zero-order valence-electron chi connectivity index (χ0n) is 12.5. The van der Waals surface area contributed by atoms with Gasteiger partial charge in [-0.15, -0.1) is 0 Å². The Bertz CT molecular complexity index is 630. The highest BCUT2D eigenvalue weighted by atomic mass is 15.4. The first-order chi connectivity index (χ1) is 10.6. The number of hydrogen-bond acceptors (Lipinski definition) is 5. The van der Waals surface area contributed by atoms with Crippen LogP contribution < -0.4 is 27.8 Å². The van der Waals surface area contributed by atoms with E-state index in [2.05, 4.69) is 41.0 Å². The van der Waals surface area contributed by atoms with Crippen LogP contribution in [0.3, 0.4) is 0 Å². The number of nitrogens with one attached hydrogen (secondary N) is 2. The van der Waals surface area contributed by atoms with E-state index in [-0.39, 0.29) is 17.9 Å². The molecule has 3 aliphatic rings. The average Bonchev–Trinajstić information content (AvgIpc) is 2.46.